The number of para-hydroxylation sites is 1. The van der Waals surface area contributed by atoms with E-state index in [0.717, 1.165) is 10.9 Å². The molecule has 0 bridgehead atoms. The van der Waals surface area contributed by atoms with Gasteiger partial charge in [0, 0.05) is 0 Å². The van der Waals surface area contributed by atoms with Crippen molar-refractivity contribution >= 4 is 16.9 Å². The first-order valence-corrected chi connectivity index (χ1v) is 4.82. The Labute approximate surface area is 92.9 Å². The molecule has 1 aromatic carbocycles. The smallest absolute Gasteiger partial charge is 0.241 e. The lowest BCUT2D eigenvalue weighted by Gasteiger charge is -2.07. The van der Waals surface area contributed by atoms with Gasteiger partial charge in [-0.05, 0) is 12.1 Å². The van der Waals surface area contributed by atoms with Crippen molar-refractivity contribution in [2.45, 2.75) is 0 Å². The Bertz CT molecular complexity index is 512. The highest BCUT2D eigenvalue weighted by molar-refractivity contribution is 5.84. The van der Waals surface area contributed by atoms with Crippen LogP contribution in [-0.2, 0) is 0 Å². The molecule has 5 heteroatoms. The molecule has 0 unspecified atom stereocenters. The lowest BCUT2D eigenvalue weighted by Crippen LogP contribution is -2.11. The predicted octanol–water partition coefficient (Wildman–Crippen LogP) is 1.48. The Balaban J connectivity index is 2.54. The van der Waals surface area contributed by atoms with Gasteiger partial charge in [0.25, 0.3) is 0 Å². The number of hydrogen-bond acceptors (Lipinski definition) is 5. The molecule has 5 nitrogen and oxygen atoms in total. The number of fused-ring (bicyclic) bond motifs is 1. The van der Waals surface area contributed by atoms with Gasteiger partial charge in [-0.25, -0.2) is 10.8 Å². The van der Waals surface area contributed by atoms with Gasteiger partial charge in [0.05, 0.1) is 10.9 Å². The van der Waals surface area contributed by atoms with E-state index >= 15 is 0 Å². The predicted molar refractivity (Wildman–Crippen MR) is 63.0 cm³/mol. The maximum atomic E-state index is 5.45. The standard InChI is InChI=1S/C11H12N4O/c1-2-7-16-10-8-5-3-4-6-9(8)13-11(14-10)15-12/h2-6H,1,7,12H2,(H,13,14,15). The third-order valence-corrected chi connectivity index (χ3v) is 2.04. The van der Waals surface area contributed by atoms with E-state index in [0.29, 0.717) is 18.4 Å². The van der Waals surface area contributed by atoms with Crippen LogP contribution in [0.5, 0.6) is 5.88 Å². The Kier molecular flexibility index (Phi) is 2.98. The van der Waals surface area contributed by atoms with Crippen LogP contribution >= 0.6 is 0 Å². The number of hydrazine groups is 1. The van der Waals surface area contributed by atoms with Gasteiger partial charge >= 0.3 is 0 Å². The maximum Gasteiger partial charge on any atom is 0.241 e. The second kappa shape index (κ2) is 4.59. The van der Waals surface area contributed by atoms with Gasteiger partial charge in [-0.15, -0.1) is 0 Å². The van der Waals surface area contributed by atoms with Crippen LogP contribution in [0, 0.1) is 0 Å². The summed E-state index contributed by atoms with van der Waals surface area (Å²) in [6, 6.07) is 7.57. The molecule has 0 aliphatic rings. The minimum atomic E-state index is 0.331. The molecule has 0 radical (unpaired) electrons. The van der Waals surface area contributed by atoms with Crippen LogP contribution in [0.1, 0.15) is 0 Å². The van der Waals surface area contributed by atoms with Crippen molar-refractivity contribution in [2.75, 3.05) is 12.0 Å². The number of anilines is 1. The first kappa shape index (κ1) is 10.4. The third kappa shape index (κ3) is 1.94. The fourth-order valence-electron chi connectivity index (χ4n) is 1.36. The maximum absolute atomic E-state index is 5.45. The van der Waals surface area contributed by atoms with E-state index in [1.165, 1.54) is 0 Å². The molecule has 0 saturated carbocycles. The van der Waals surface area contributed by atoms with Crippen molar-refractivity contribution in [3.63, 3.8) is 0 Å². The molecular weight excluding hydrogens is 204 g/mol. The molecular formula is C11H12N4O. The highest BCUT2D eigenvalue weighted by Crippen LogP contribution is 2.23. The van der Waals surface area contributed by atoms with E-state index in [9.17, 15) is 0 Å². The number of benzene rings is 1. The summed E-state index contributed by atoms with van der Waals surface area (Å²) in [6.45, 7) is 3.98. The van der Waals surface area contributed by atoms with Crippen LogP contribution < -0.4 is 16.0 Å². The average Bonchev–Trinajstić information content (AvgIpc) is 2.35. The first-order chi connectivity index (χ1) is 7.85. The molecule has 82 valence electrons. The van der Waals surface area contributed by atoms with Crippen LogP contribution in [0.25, 0.3) is 10.9 Å². The van der Waals surface area contributed by atoms with Gasteiger partial charge in [0.1, 0.15) is 6.61 Å². The molecule has 2 rings (SSSR count). The molecule has 0 saturated heterocycles. The summed E-state index contributed by atoms with van der Waals surface area (Å²) in [5, 5.41) is 0.850. The molecule has 0 amide bonds. The highest BCUT2D eigenvalue weighted by atomic mass is 16.5. The quantitative estimate of drug-likeness (QED) is 0.460. The largest absolute Gasteiger partial charge is 0.473 e. The normalized spacial score (nSPS) is 10.1. The molecule has 1 aromatic heterocycles. The zero-order valence-electron chi connectivity index (χ0n) is 8.68. The van der Waals surface area contributed by atoms with Crippen LogP contribution in [-0.4, -0.2) is 16.6 Å². The van der Waals surface area contributed by atoms with E-state index < -0.39 is 0 Å². The van der Waals surface area contributed by atoms with Crippen LogP contribution in [0.2, 0.25) is 0 Å². The van der Waals surface area contributed by atoms with Gasteiger partial charge < -0.3 is 4.74 Å². The fraction of sp³-hybridized carbons (Fsp3) is 0.0909. The number of aromatic nitrogens is 2. The molecule has 0 aliphatic heterocycles. The SMILES string of the molecule is C=CCOc1nc(NN)nc2ccccc12. The van der Waals surface area contributed by atoms with Crippen molar-refractivity contribution in [3.8, 4) is 5.88 Å². The monoisotopic (exact) mass is 216 g/mol. The Hall–Kier alpha value is -2.14. The molecule has 16 heavy (non-hydrogen) atoms. The summed E-state index contributed by atoms with van der Waals surface area (Å²) in [5.41, 5.74) is 3.19. The number of nitrogen functional groups attached to an aromatic ring is 1. The fourth-order valence-corrected chi connectivity index (χ4v) is 1.36. The second-order valence-electron chi connectivity index (χ2n) is 3.11. The van der Waals surface area contributed by atoms with E-state index in [2.05, 4.69) is 22.0 Å². The molecule has 3 N–H and O–H groups in total. The number of nitrogens with zero attached hydrogens (tertiary/aromatic N) is 2. The Morgan fingerprint density at radius 3 is 2.94 bits per heavy atom. The number of ether oxygens (including phenoxy) is 1. The van der Waals surface area contributed by atoms with Crippen molar-refractivity contribution in [3.05, 3.63) is 36.9 Å². The van der Waals surface area contributed by atoms with Crippen LogP contribution in [0.3, 0.4) is 0 Å². The van der Waals surface area contributed by atoms with E-state index in [4.69, 9.17) is 10.6 Å². The summed E-state index contributed by atoms with van der Waals surface area (Å²) < 4.78 is 5.45. The molecule has 1 heterocycles. The second-order valence-corrected chi connectivity index (χ2v) is 3.11. The van der Waals surface area contributed by atoms with Gasteiger partial charge in [-0.2, -0.15) is 4.98 Å². The summed E-state index contributed by atoms with van der Waals surface area (Å²) >= 11 is 0. The van der Waals surface area contributed by atoms with Crippen molar-refractivity contribution < 1.29 is 4.74 Å². The molecule has 0 spiro atoms. The van der Waals surface area contributed by atoms with Gasteiger partial charge in [0.2, 0.25) is 11.8 Å². The number of rotatable bonds is 4. The van der Waals surface area contributed by atoms with Crippen LogP contribution in [0.4, 0.5) is 5.95 Å². The van der Waals surface area contributed by atoms with Crippen molar-refractivity contribution in [2.24, 2.45) is 5.84 Å². The summed E-state index contributed by atoms with van der Waals surface area (Å²) in [4.78, 5) is 8.35. The van der Waals surface area contributed by atoms with Gasteiger partial charge in [0.15, 0.2) is 0 Å². The zero-order valence-corrected chi connectivity index (χ0v) is 8.68. The minimum absolute atomic E-state index is 0.331. The molecule has 0 fully saturated rings. The Morgan fingerprint density at radius 2 is 2.19 bits per heavy atom. The lowest BCUT2D eigenvalue weighted by molar-refractivity contribution is 0.353. The van der Waals surface area contributed by atoms with E-state index in [-0.39, 0.29) is 0 Å². The van der Waals surface area contributed by atoms with Crippen molar-refractivity contribution in [1.82, 2.24) is 9.97 Å². The molecule has 0 atom stereocenters. The van der Waals surface area contributed by atoms with E-state index in [1.807, 2.05) is 24.3 Å². The number of hydrogen-bond donors (Lipinski definition) is 2. The van der Waals surface area contributed by atoms with Gasteiger partial charge in [-0.1, -0.05) is 24.8 Å². The Morgan fingerprint density at radius 1 is 1.38 bits per heavy atom. The lowest BCUT2D eigenvalue weighted by atomic mass is 10.2. The summed E-state index contributed by atoms with van der Waals surface area (Å²) in [5.74, 6) is 6.12. The number of nitrogens with one attached hydrogen (secondary N) is 1. The van der Waals surface area contributed by atoms with E-state index in [1.54, 1.807) is 6.08 Å². The summed E-state index contributed by atoms with van der Waals surface area (Å²) in [7, 11) is 0. The summed E-state index contributed by atoms with van der Waals surface area (Å²) in [6.07, 6.45) is 1.66. The molecule has 0 aliphatic carbocycles. The number of nitrogens with two attached hydrogens (primary N) is 1. The van der Waals surface area contributed by atoms with Crippen LogP contribution in [0.15, 0.2) is 36.9 Å². The van der Waals surface area contributed by atoms with Crippen molar-refractivity contribution in [1.29, 1.82) is 0 Å². The first-order valence-electron chi connectivity index (χ1n) is 4.82. The highest BCUT2D eigenvalue weighted by Gasteiger charge is 2.06. The van der Waals surface area contributed by atoms with Gasteiger partial charge in [-0.3, -0.25) is 5.43 Å². The third-order valence-electron chi connectivity index (χ3n) is 2.04. The molecule has 2 aromatic rings. The minimum Gasteiger partial charge on any atom is -0.473 e. The zero-order chi connectivity index (χ0) is 11.4. The topological polar surface area (TPSA) is 73.1 Å². The average molecular weight is 216 g/mol.